The van der Waals surface area contributed by atoms with Crippen molar-refractivity contribution < 1.29 is 77.3 Å². The SMILES string of the molecule is COC[C@@H]1C[C@@H](C)CC/C=C\[C@@H]2C[C@@]2(C(=O)NS(=O)(=O)C2(CF)CC2)NC(=O)[C@@H]2C[C@@H](Oc3nc4cc(OC)ccc4nc3C(F)(F)F)CN2C(=O)[C@H]1NC(=O)OC(C)(C)C(F)(F)F. The first kappa shape index (κ1) is 48.5. The lowest BCUT2D eigenvalue weighted by molar-refractivity contribution is -0.244. The molecule has 4 aliphatic rings. The van der Waals surface area contributed by atoms with Gasteiger partial charge in [-0.15, -0.1) is 0 Å². The van der Waals surface area contributed by atoms with E-state index in [1.807, 2.05) is 4.72 Å². The average molecular weight is 939 g/mol. The topological polar surface area (TPSA) is 204 Å². The van der Waals surface area contributed by atoms with Gasteiger partial charge in [0.2, 0.25) is 39.0 Å². The number of nitrogens with one attached hydrogen (secondary N) is 3. The Morgan fingerprint density at radius 2 is 1.73 bits per heavy atom. The summed E-state index contributed by atoms with van der Waals surface area (Å²) in [6.07, 6.45) is -9.96. The lowest BCUT2D eigenvalue weighted by Crippen LogP contribution is -2.60. The molecule has 1 aromatic carbocycles. The van der Waals surface area contributed by atoms with E-state index in [0.717, 1.165) is 4.90 Å². The monoisotopic (exact) mass is 938 g/mol. The number of hydrogen-bond acceptors (Lipinski definition) is 12. The number of fused-ring (bicyclic) bond motifs is 3. The quantitative estimate of drug-likeness (QED) is 0.203. The number of nitrogens with zero attached hydrogens (tertiary/aromatic N) is 3. The summed E-state index contributed by atoms with van der Waals surface area (Å²) < 4.78 is 147. The van der Waals surface area contributed by atoms with E-state index < -0.39 is 123 Å². The van der Waals surface area contributed by atoms with Crippen LogP contribution in [0, 0.1) is 17.8 Å². The van der Waals surface area contributed by atoms with Crippen molar-refractivity contribution in [1.29, 1.82) is 0 Å². The molecule has 3 fully saturated rings. The van der Waals surface area contributed by atoms with Gasteiger partial charge in [-0.2, -0.15) is 26.3 Å². The maximum atomic E-state index is 14.9. The second-order valence-corrected chi connectivity index (χ2v) is 19.4. The minimum atomic E-state index is -5.13. The van der Waals surface area contributed by atoms with Gasteiger partial charge in [0, 0.05) is 31.4 Å². The number of alkyl halides is 7. The highest BCUT2D eigenvalue weighted by Gasteiger charge is 2.64. The second-order valence-electron chi connectivity index (χ2n) is 17.3. The van der Waals surface area contributed by atoms with E-state index in [0.29, 0.717) is 26.7 Å². The molecule has 6 rings (SSSR count). The van der Waals surface area contributed by atoms with E-state index in [4.69, 9.17) is 18.9 Å². The Kier molecular flexibility index (Phi) is 13.4. The molecule has 0 radical (unpaired) electrons. The van der Waals surface area contributed by atoms with E-state index in [1.165, 1.54) is 32.4 Å². The molecule has 3 heterocycles. The summed E-state index contributed by atoms with van der Waals surface area (Å²) in [5.41, 5.74) is -6.82. The number of amides is 4. The number of hydrogen-bond donors (Lipinski definition) is 3. The van der Waals surface area contributed by atoms with Crippen molar-refractivity contribution in [3.63, 3.8) is 0 Å². The second kappa shape index (κ2) is 17.8. The molecule has 24 heteroatoms. The molecule has 4 amide bonds. The highest BCUT2D eigenvalue weighted by Crippen LogP contribution is 2.48. The van der Waals surface area contributed by atoms with Crippen LogP contribution in [0.5, 0.6) is 11.6 Å². The van der Waals surface area contributed by atoms with Crippen molar-refractivity contribution >= 4 is 44.9 Å². The normalized spacial score (nSPS) is 28.1. The number of carbonyl (C=O) groups is 4. The largest absolute Gasteiger partial charge is 0.497 e. The summed E-state index contributed by atoms with van der Waals surface area (Å²) in [6.45, 7) is 0.755. The summed E-state index contributed by atoms with van der Waals surface area (Å²) in [7, 11) is -2.00. The zero-order valence-electron chi connectivity index (χ0n) is 35.4. The standard InChI is InChI=1S/C40H49F7N6O10S/c1-21-8-6-7-9-23-17-38(23,34(56)52-64(58,59)37(20-41)12-13-37)51-31(54)28-16-25(62-32-30(39(42,43)44)48-26-11-10-24(61-5)15-27(26)49-32)18-53(28)33(55)29(22(14-21)19-60-4)50-35(57)63-36(2,3)40(45,46)47/h7,9-11,15,21-23,25,28-29H,6,8,12-14,16-20H2,1-5H3,(H,50,57)(H,51,54)(H,52,56)/b9-7-/t21-,22-,23+,25+,28-,29-,38+/m0/s1. The van der Waals surface area contributed by atoms with Crippen molar-refractivity contribution in [2.45, 2.75) is 112 Å². The Labute approximate surface area is 363 Å². The van der Waals surface area contributed by atoms with Crippen molar-refractivity contribution in [2.24, 2.45) is 17.8 Å². The van der Waals surface area contributed by atoms with Gasteiger partial charge in [-0.1, -0.05) is 19.1 Å². The molecule has 2 aliphatic heterocycles. The van der Waals surface area contributed by atoms with Crippen LogP contribution in [0.25, 0.3) is 11.0 Å². The smallest absolute Gasteiger partial charge is 0.438 e. The van der Waals surface area contributed by atoms with Gasteiger partial charge < -0.3 is 34.5 Å². The molecule has 64 heavy (non-hydrogen) atoms. The molecule has 3 N–H and O–H groups in total. The zero-order chi connectivity index (χ0) is 47.2. The van der Waals surface area contributed by atoms with Gasteiger partial charge in [-0.05, 0) is 70.4 Å². The molecule has 2 saturated carbocycles. The fourth-order valence-electron chi connectivity index (χ4n) is 7.96. The van der Waals surface area contributed by atoms with E-state index in [-0.39, 0.29) is 55.0 Å². The minimum absolute atomic E-state index is 0.0563. The number of aromatic nitrogens is 2. The summed E-state index contributed by atoms with van der Waals surface area (Å²) in [5.74, 6) is -6.28. The lowest BCUT2D eigenvalue weighted by Gasteiger charge is -2.35. The van der Waals surface area contributed by atoms with Gasteiger partial charge in [-0.3, -0.25) is 19.1 Å². The van der Waals surface area contributed by atoms with Gasteiger partial charge in [0.25, 0.3) is 5.91 Å². The number of carbonyl (C=O) groups excluding carboxylic acids is 4. The van der Waals surface area contributed by atoms with Crippen LogP contribution in [0.15, 0.2) is 30.4 Å². The molecule has 0 unspecified atom stereocenters. The number of methoxy groups -OCH3 is 2. The van der Waals surface area contributed by atoms with Crippen LogP contribution in [0.2, 0.25) is 0 Å². The van der Waals surface area contributed by atoms with Gasteiger partial charge in [-0.25, -0.2) is 27.6 Å². The number of halogens is 7. The van der Waals surface area contributed by atoms with Gasteiger partial charge in [0.05, 0.1) is 31.3 Å². The zero-order valence-corrected chi connectivity index (χ0v) is 36.2. The van der Waals surface area contributed by atoms with Crippen LogP contribution >= 0.6 is 0 Å². The number of benzene rings is 1. The number of ether oxygens (including phenoxy) is 4. The maximum Gasteiger partial charge on any atom is 0.438 e. The third-order valence-electron chi connectivity index (χ3n) is 12.2. The number of sulfonamides is 1. The van der Waals surface area contributed by atoms with Crippen molar-refractivity contribution in [1.82, 2.24) is 30.2 Å². The summed E-state index contributed by atoms with van der Waals surface area (Å²) >= 11 is 0. The highest BCUT2D eigenvalue weighted by atomic mass is 32.2. The summed E-state index contributed by atoms with van der Waals surface area (Å²) in [5, 5.41) is 4.78. The Bertz CT molecular complexity index is 2280. The van der Waals surface area contributed by atoms with Crippen molar-refractivity contribution in [2.75, 3.05) is 34.0 Å². The molecule has 1 aromatic heterocycles. The predicted octanol–water partition coefficient (Wildman–Crippen LogP) is 4.90. The Morgan fingerprint density at radius 3 is 2.34 bits per heavy atom. The molecule has 0 bridgehead atoms. The predicted molar refractivity (Wildman–Crippen MR) is 211 cm³/mol. The first-order chi connectivity index (χ1) is 29.8. The third kappa shape index (κ3) is 9.96. The van der Waals surface area contributed by atoms with Gasteiger partial charge in [0.1, 0.15) is 40.9 Å². The first-order valence-electron chi connectivity index (χ1n) is 20.4. The molecule has 0 spiro atoms. The molecule has 2 aromatic rings. The molecular formula is C40H49F7N6O10S. The lowest BCUT2D eigenvalue weighted by atomic mass is 9.87. The average Bonchev–Trinajstić information content (AvgIpc) is 4.11. The van der Waals surface area contributed by atoms with Gasteiger partial charge >= 0.3 is 18.4 Å². The molecular weight excluding hydrogens is 890 g/mol. The number of allylic oxidation sites excluding steroid dienone is 1. The summed E-state index contributed by atoms with van der Waals surface area (Å²) in [4.78, 5) is 65.3. The Morgan fingerprint density at radius 1 is 1.03 bits per heavy atom. The van der Waals surface area contributed by atoms with Crippen LogP contribution in [-0.2, 0) is 40.1 Å². The van der Waals surface area contributed by atoms with E-state index >= 15 is 0 Å². The molecule has 354 valence electrons. The highest BCUT2D eigenvalue weighted by molar-refractivity contribution is 7.91. The van der Waals surface area contributed by atoms with Crippen LogP contribution in [0.4, 0.5) is 35.5 Å². The first-order valence-corrected chi connectivity index (χ1v) is 21.9. The van der Waals surface area contributed by atoms with Gasteiger partial charge in [0.15, 0.2) is 0 Å². The minimum Gasteiger partial charge on any atom is -0.497 e. The molecule has 1 saturated heterocycles. The Balaban J connectivity index is 1.42. The van der Waals surface area contributed by atoms with Crippen LogP contribution in [0.3, 0.4) is 0 Å². The maximum absolute atomic E-state index is 14.9. The van der Waals surface area contributed by atoms with Crippen LogP contribution in [0.1, 0.15) is 71.4 Å². The van der Waals surface area contributed by atoms with Crippen LogP contribution in [-0.4, -0.2) is 121 Å². The van der Waals surface area contributed by atoms with Crippen molar-refractivity contribution in [3.8, 4) is 11.6 Å². The number of alkyl carbamates (subject to hydrolysis) is 1. The van der Waals surface area contributed by atoms with Crippen molar-refractivity contribution in [3.05, 3.63) is 36.0 Å². The Hall–Kier alpha value is -5.00. The van der Waals surface area contributed by atoms with E-state index in [2.05, 4.69) is 20.6 Å². The molecule has 16 nitrogen and oxygen atoms in total. The number of rotatable bonds is 11. The molecule has 2 aliphatic carbocycles. The summed E-state index contributed by atoms with van der Waals surface area (Å²) in [6, 6.07) is 0.380. The van der Waals surface area contributed by atoms with E-state index in [9.17, 15) is 58.3 Å². The van der Waals surface area contributed by atoms with Crippen LogP contribution < -0.4 is 24.8 Å². The fraction of sp³-hybridized carbons (Fsp3) is 0.650. The fourth-order valence-corrected chi connectivity index (χ4v) is 9.39. The third-order valence-corrected chi connectivity index (χ3v) is 14.3. The molecule has 7 atom stereocenters. The van der Waals surface area contributed by atoms with E-state index in [1.54, 1.807) is 19.1 Å².